The highest BCUT2D eigenvalue weighted by molar-refractivity contribution is 7.11. The number of nitrogens with zero attached hydrogens (tertiary/aromatic N) is 1. The fourth-order valence-electron chi connectivity index (χ4n) is 5.14. The number of nitrogens with two attached hydrogens (primary N) is 1. The molecule has 4 rings (SSSR count). The molecule has 3 heterocycles. The molecule has 3 aromatic rings. The van der Waals surface area contributed by atoms with Gasteiger partial charge in [0, 0.05) is 40.6 Å². The number of carbonyl (C=O) groups excluding carboxylic acids is 2. The predicted molar refractivity (Wildman–Crippen MR) is 153 cm³/mol. The number of aromatic amines is 1. The normalized spacial score (nSPS) is 14.6. The maximum absolute atomic E-state index is 12.7. The number of hydroxylamine groups is 2. The zero-order chi connectivity index (χ0) is 28.1. The van der Waals surface area contributed by atoms with E-state index < -0.39 is 6.04 Å². The van der Waals surface area contributed by atoms with E-state index in [0.29, 0.717) is 55.5 Å². The third kappa shape index (κ3) is 6.55. The molecule has 0 spiro atoms. The first-order chi connectivity index (χ1) is 18.7. The second kappa shape index (κ2) is 12.5. The Morgan fingerprint density at radius 1 is 1.10 bits per heavy atom. The summed E-state index contributed by atoms with van der Waals surface area (Å²) in [5, 5.41) is 3.54. The van der Waals surface area contributed by atoms with E-state index in [9.17, 15) is 14.4 Å². The molecule has 0 amide bonds. The predicted octanol–water partition coefficient (Wildman–Crippen LogP) is 5.25. The van der Waals surface area contributed by atoms with Gasteiger partial charge in [0.05, 0.1) is 18.2 Å². The summed E-state index contributed by atoms with van der Waals surface area (Å²) in [6.07, 6.45) is 2.64. The minimum Gasteiger partial charge on any atom is -0.465 e. The molecule has 1 aromatic carbocycles. The Balaban J connectivity index is 1.56. The van der Waals surface area contributed by atoms with Gasteiger partial charge in [-0.15, -0.1) is 16.4 Å². The van der Waals surface area contributed by atoms with Crippen LogP contribution in [0.15, 0.2) is 52.1 Å². The lowest BCUT2D eigenvalue weighted by atomic mass is 9.90. The Labute approximate surface area is 232 Å². The van der Waals surface area contributed by atoms with Gasteiger partial charge in [-0.05, 0) is 81.4 Å². The van der Waals surface area contributed by atoms with Gasteiger partial charge < -0.3 is 20.3 Å². The molecule has 206 valence electrons. The zero-order valence-electron chi connectivity index (χ0n) is 22.8. The molecule has 1 atom stereocenters. The zero-order valence-corrected chi connectivity index (χ0v) is 23.7. The first-order valence-corrected chi connectivity index (χ1v) is 13.9. The SMILES string of the molecule is COC(=O)c1csc(C(CCC(N)c2c(C)cc(C)[nH]c2=O)=C2CCN(OC(=O)c3ccccc3)CC2)c1C. The lowest BCUT2D eigenvalue weighted by Gasteiger charge is -2.29. The molecule has 1 saturated heterocycles. The molecule has 1 fully saturated rings. The number of ether oxygens (including phenoxy) is 1. The van der Waals surface area contributed by atoms with Crippen LogP contribution in [0.25, 0.3) is 5.57 Å². The molecular formula is C30H35N3O5S. The van der Waals surface area contributed by atoms with E-state index in [-0.39, 0.29) is 17.5 Å². The summed E-state index contributed by atoms with van der Waals surface area (Å²) in [6, 6.07) is 10.4. The number of allylic oxidation sites excluding steroid dienone is 1. The fraction of sp³-hybridized carbons (Fsp3) is 0.367. The van der Waals surface area contributed by atoms with Crippen LogP contribution >= 0.6 is 11.3 Å². The summed E-state index contributed by atoms with van der Waals surface area (Å²) >= 11 is 1.52. The Kier molecular flexibility index (Phi) is 9.16. The van der Waals surface area contributed by atoms with E-state index in [1.807, 2.05) is 50.4 Å². The number of carbonyl (C=O) groups is 2. The number of methoxy groups -OCH3 is 1. The summed E-state index contributed by atoms with van der Waals surface area (Å²) < 4.78 is 4.97. The van der Waals surface area contributed by atoms with Crippen LogP contribution in [-0.4, -0.2) is 42.2 Å². The number of hydrogen-bond acceptors (Lipinski definition) is 8. The van der Waals surface area contributed by atoms with Crippen LogP contribution in [-0.2, 0) is 9.57 Å². The lowest BCUT2D eigenvalue weighted by molar-refractivity contribution is -0.114. The molecule has 3 N–H and O–H groups in total. The standard InChI is InChI=1S/C30H35N3O5S/c1-18-16-19(2)32-28(34)26(18)25(31)11-10-23(27-20(3)24(17-39-27)30(36)37-4)21-12-14-33(15-13-21)38-29(35)22-8-6-5-7-9-22/h5-9,16-17,25H,10-15,31H2,1-4H3,(H,32,34). The highest BCUT2D eigenvalue weighted by Gasteiger charge is 2.25. The number of rotatable bonds is 8. The van der Waals surface area contributed by atoms with E-state index in [1.54, 1.807) is 17.2 Å². The van der Waals surface area contributed by atoms with E-state index in [1.165, 1.54) is 24.0 Å². The van der Waals surface area contributed by atoms with E-state index in [4.69, 9.17) is 15.3 Å². The highest BCUT2D eigenvalue weighted by Crippen LogP contribution is 2.38. The smallest absolute Gasteiger partial charge is 0.357 e. The largest absolute Gasteiger partial charge is 0.465 e. The molecule has 0 bridgehead atoms. The Morgan fingerprint density at radius 2 is 1.79 bits per heavy atom. The maximum Gasteiger partial charge on any atom is 0.357 e. The second-order valence-electron chi connectivity index (χ2n) is 9.87. The minimum atomic E-state index is -0.433. The Hall–Kier alpha value is -3.53. The average molecular weight is 550 g/mol. The molecular weight excluding hydrogens is 514 g/mol. The quantitative estimate of drug-likeness (QED) is 0.369. The van der Waals surface area contributed by atoms with Crippen LogP contribution in [0.3, 0.4) is 0 Å². The van der Waals surface area contributed by atoms with Crippen molar-refractivity contribution in [2.24, 2.45) is 5.73 Å². The van der Waals surface area contributed by atoms with Crippen molar-refractivity contribution in [3.8, 4) is 0 Å². The summed E-state index contributed by atoms with van der Waals surface area (Å²) in [5.74, 6) is -0.731. The molecule has 0 saturated carbocycles. The third-order valence-electron chi connectivity index (χ3n) is 7.18. The van der Waals surface area contributed by atoms with Crippen molar-refractivity contribution < 1.29 is 19.2 Å². The van der Waals surface area contributed by atoms with Crippen molar-refractivity contribution in [2.45, 2.75) is 52.5 Å². The van der Waals surface area contributed by atoms with Gasteiger partial charge in [-0.25, -0.2) is 9.59 Å². The summed E-state index contributed by atoms with van der Waals surface area (Å²) in [5.41, 5.74) is 13.0. The van der Waals surface area contributed by atoms with Crippen molar-refractivity contribution in [2.75, 3.05) is 20.2 Å². The summed E-state index contributed by atoms with van der Waals surface area (Å²) in [7, 11) is 1.38. The molecule has 9 heteroatoms. The highest BCUT2D eigenvalue weighted by atomic mass is 32.1. The van der Waals surface area contributed by atoms with E-state index in [2.05, 4.69) is 4.98 Å². The van der Waals surface area contributed by atoms with Gasteiger partial charge in [0.15, 0.2) is 0 Å². The number of hydrogen-bond donors (Lipinski definition) is 2. The van der Waals surface area contributed by atoms with Crippen molar-refractivity contribution in [1.29, 1.82) is 0 Å². The number of benzene rings is 1. The van der Waals surface area contributed by atoms with Gasteiger partial charge in [0.2, 0.25) is 0 Å². The molecule has 39 heavy (non-hydrogen) atoms. The number of H-pyrrole nitrogens is 1. The second-order valence-corrected chi connectivity index (χ2v) is 10.8. The minimum absolute atomic E-state index is 0.150. The lowest BCUT2D eigenvalue weighted by Crippen LogP contribution is -2.33. The van der Waals surface area contributed by atoms with E-state index in [0.717, 1.165) is 27.3 Å². The average Bonchev–Trinajstić information content (AvgIpc) is 3.30. The number of thiophene rings is 1. The number of aryl methyl sites for hydroxylation is 2. The molecule has 1 aliphatic heterocycles. The van der Waals surface area contributed by atoms with Gasteiger partial charge in [-0.2, -0.15) is 0 Å². The number of nitrogens with one attached hydrogen (secondary N) is 1. The third-order valence-corrected chi connectivity index (χ3v) is 8.32. The first-order valence-electron chi connectivity index (χ1n) is 13.1. The summed E-state index contributed by atoms with van der Waals surface area (Å²) in [6.45, 7) is 6.83. The molecule has 1 aliphatic rings. The fourth-order valence-corrected chi connectivity index (χ4v) is 6.32. The van der Waals surface area contributed by atoms with Gasteiger partial charge in [0.25, 0.3) is 5.56 Å². The van der Waals surface area contributed by atoms with Crippen molar-refractivity contribution in [3.63, 3.8) is 0 Å². The van der Waals surface area contributed by atoms with Crippen molar-refractivity contribution in [3.05, 3.63) is 96.1 Å². The number of piperidine rings is 1. The van der Waals surface area contributed by atoms with Gasteiger partial charge >= 0.3 is 11.9 Å². The molecule has 1 unspecified atom stereocenters. The van der Waals surface area contributed by atoms with Crippen LogP contribution in [0.5, 0.6) is 0 Å². The number of aromatic nitrogens is 1. The molecule has 2 aromatic heterocycles. The van der Waals surface area contributed by atoms with Crippen LogP contribution < -0.4 is 11.3 Å². The summed E-state index contributed by atoms with van der Waals surface area (Å²) in [4.78, 5) is 47.0. The molecule has 8 nitrogen and oxygen atoms in total. The van der Waals surface area contributed by atoms with Crippen molar-refractivity contribution in [1.82, 2.24) is 10.0 Å². The molecule has 0 aliphatic carbocycles. The topological polar surface area (TPSA) is 115 Å². The first kappa shape index (κ1) is 28.5. The van der Waals surface area contributed by atoms with Crippen LogP contribution in [0.2, 0.25) is 0 Å². The van der Waals surface area contributed by atoms with Crippen molar-refractivity contribution >= 4 is 28.8 Å². The van der Waals surface area contributed by atoms with Gasteiger partial charge in [0.1, 0.15) is 0 Å². The van der Waals surface area contributed by atoms with E-state index >= 15 is 0 Å². The number of esters is 1. The van der Waals surface area contributed by atoms with Crippen LogP contribution in [0.1, 0.15) is 79.7 Å². The van der Waals surface area contributed by atoms with Gasteiger partial charge in [-0.3, -0.25) is 4.79 Å². The van der Waals surface area contributed by atoms with Gasteiger partial charge in [-0.1, -0.05) is 23.8 Å². The Bertz CT molecular complexity index is 1430. The molecule has 0 radical (unpaired) electrons. The van der Waals surface area contributed by atoms with Crippen LogP contribution in [0, 0.1) is 20.8 Å². The Morgan fingerprint density at radius 3 is 2.44 bits per heavy atom. The number of pyridine rings is 1. The van der Waals surface area contributed by atoms with Crippen LogP contribution in [0.4, 0.5) is 0 Å². The monoisotopic (exact) mass is 549 g/mol. The maximum atomic E-state index is 12.7.